The Hall–Kier alpha value is -4.46. The second-order valence-corrected chi connectivity index (χ2v) is 18.5. The lowest BCUT2D eigenvalue weighted by Gasteiger charge is -2.41. The van der Waals surface area contributed by atoms with Crippen molar-refractivity contribution in [2.24, 2.45) is 23.7 Å². The van der Waals surface area contributed by atoms with Crippen molar-refractivity contribution in [1.82, 2.24) is 0 Å². The van der Waals surface area contributed by atoms with E-state index in [1.165, 1.54) is 24.3 Å². The van der Waals surface area contributed by atoms with Crippen LogP contribution in [-0.2, 0) is 36.9 Å². The Morgan fingerprint density at radius 1 is 0.543 bits per heavy atom. The summed E-state index contributed by atoms with van der Waals surface area (Å²) in [5.41, 5.74) is -4.52. The SMILES string of the molecule is CCCC1COC(C2CC=C(c3ccc(-c4cc(F)c(C(F)(F)F)c(F)c4)c(F)c3)CC2)OC1.CCCC1COC(C2CCC(O)(c3ccc(-c4cc(F)c(C(F)(F)F)c(F)c4)c(F)c3)CC2)OC1.O. The van der Waals surface area contributed by atoms with Crippen molar-refractivity contribution >= 4 is 5.57 Å². The molecular formula is C52H56F12O6. The van der Waals surface area contributed by atoms with Gasteiger partial charge in [0.05, 0.1) is 32.0 Å². The highest BCUT2D eigenvalue weighted by atomic mass is 19.4. The quantitative estimate of drug-likeness (QED) is 0.160. The number of hydrogen-bond donors (Lipinski definition) is 1. The molecule has 8 rings (SSSR count). The van der Waals surface area contributed by atoms with Gasteiger partial charge in [-0.1, -0.05) is 57.0 Å². The minimum atomic E-state index is -5.21. The lowest BCUT2D eigenvalue weighted by atomic mass is 9.74. The van der Waals surface area contributed by atoms with Gasteiger partial charge in [0.15, 0.2) is 12.6 Å². The number of benzene rings is 4. The molecule has 3 fully saturated rings. The molecule has 0 aromatic heterocycles. The van der Waals surface area contributed by atoms with E-state index in [0.29, 0.717) is 106 Å². The highest BCUT2D eigenvalue weighted by Gasteiger charge is 2.42. The minimum Gasteiger partial charge on any atom is -0.412 e. The first-order chi connectivity index (χ1) is 32.7. The van der Waals surface area contributed by atoms with Crippen LogP contribution in [0.15, 0.2) is 66.7 Å². The molecule has 0 bridgehead atoms. The summed E-state index contributed by atoms with van der Waals surface area (Å²) in [6.07, 6.45) is -0.506. The van der Waals surface area contributed by atoms with Crippen molar-refractivity contribution in [3.05, 3.63) is 124 Å². The molecule has 4 aliphatic rings. The fraction of sp³-hybridized carbons (Fsp3) is 0.500. The molecule has 0 radical (unpaired) electrons. The molecule has 18 heteroatoms. The predicted molar refractivity (Wildman–Crippen MR) is 236 cm³/mol. The summed E-state index contributed by atoms with van der Waals surface area (Å²) in [5.74, 6) is -7.69. The molecule has 4 aromatic carbocycles. The Balaban J connectivity index is 0.000000226. The summed E-state index contributed by atoms with van der Waals surface area (Å²) >= 11 is 0. The number of halogens is 12. The van der Waals surface area contributed by atoms with Gasteiger partial charge >= 0.3 is 12.4 Å². The van der Waals surface area contributed by atoms with Crippen LogP contribution in [0, 0.1) is 58.6 Å². The average molecular weight is 1000 g/mol. The summed E-state index contributed by atoms with van der Waals surface area (Å²) < 4.78 is 186. The average Bonchev–Trinajstić information content (AvgIpc) is 3.29. The molecule has 0 amide bonds. The molecular weight excluding hydrogens is 949 g/mol. The molecule has 3 N–H and O–H groups in total. The van der Waals surface area contributed by atoms with E-state index in [1.807, 2.05) is 6.08 Å². The van der Waals surface area contributed by atoms with E-state index in [4.69, 9.17) is 18.9 Å². The van der Waals surface area contributed by atoms with Gasteiger partial charge in [0.25, 0.3) is 0 Å². The summed E-state index contributed by atoms with van der Waals surface area (Å²) in [5, 5.41) is 11.2. The molecule has 1 saturated carbocycles. The summed E-state index contributed by atoms with van der Waals surface area (Å²) in [6, 6.07) is 9.85. The maximum atomic E-state index is 14.9. The molecule has 2 saturated heterocycles. The highest BCUT2D eigenvalue weighted by molar-refractivity contribution is 5.72. The second kappa shape index (κ2) is 23.0. The van der Waals surface area contributed by atoms with Crippen molar-refractivity contribution in [1.29, 1.82) is 0 Å². The highest BCUT2D eigenvalue weighted by Crippen LogP contribution is 2.44. The summed E-state index contributed by atoms with van der Waals surface area (Å²) in [6.45, 7) is 6.94. The van der Waals surface area contributed by atoms with Crippen LogP contribution in [0.25, 0.3) is 27.8 Å². The molecule has 1 unspecified atom stereocenters. The van der Waals surface area contributed by atoms with Gasteiger partial charge in [0.1, 0.15) is 46.0 Å². The van der Waals surface area contributed by atoms with Gasteiger partial charge in [0.2, 0.25) is 0 Å². The molecule has 4 aromatic rings. The summed E-state index contributed by atoms with van der Waals surface area (Å²) in [7, 11) is 0. The molecule has 70 heavy (non-hydrogen) atoms. The van der Waals surface area contributed by atoms with Gasteiger partial charge in [-0.15, -0.1) is 0 Å². The summed E-state index contributed by atoms with van der Waals surface area (Å²) in [4.78, 5) is 0. The smallest absolute Gasteiger partial charge is 0.412 e. The van der Waals surface area contributed by atoms with Crippen molar-refractivity contribution in [2.45, 2.75) is 115 Å². The van der Waals surface area contributed by atoms with E-state index in [0.717, 1.165) is 50.2 Å². The van der Waals surface area contributed by atoms with E-state index in [1.54, 1.807) is 6.07 Å². The zero-order chi connectivity index (χ0) is 49.8. The van der Waals surface area contributed by atoms with Crippen LogP contribution >= 0.6 is 0 Å². The lowest BCUT2D eigenvalue weighted by Crippen LogP contribution is -2.41. The Kier molecular flexibility index (Phi) is 18.0. The maximum absolute atomic E-state index is 14.9. The number of allylic oxidation sites excluding steroid dienone is 2. The third-order valence-electron chi connectivity index (χ3n) is 13.6. The van der Waals surface area contributed by atoms with Crippen LogP contribution < -0.4 is 0 Å². The van der Waals surface area contributed by atoms with E-state index >= 15 is 0 Å². The number of rotatable bonds is 10. The fourth-order valence-electron chi connectivity index (χ4n) is 9.84. The Bertz CT molecular complexity index is 2390. The third kappa shape index (κ3) is 12.8. The van der Waals surface area contributed by atoms with E-state index < -0.39 is 64.0 Å². The van der Waals surface area contributed by atoms with Crippen molar-refractivity contribution < 1.29 is 82.2 Å². The van der Waals surface area contributed by atoms with E-state index in [2.05, 4.69) is 13.8 Å². The molecule has 6 nitrogen and oxygen atoms in total. The first-order valence-electron chi connectivity index (χ1n) is 23.3. The molecule has 0 spiro atoms. The Morgan fingerprint density at radius 2 is 0.957 bits per heavy atom. The van der Waals surface area contributed by atoms with Gasteiger partial charge < -0.3 is 29.5 Å². The molecule has 384 valence electrons. The zero-order valence-electron chi connectivity index (χ0n) is 38.5. The Labute approximate surface area is 398 Å². The third-order valence-corrected chi connectivity index (χ3v) is 13.6. The second-order valence-electron chi connectivity index (χ2n) is 18.5. The topological polar surface area (TPSA) is 88.7 Å². The lowest BCUT2D eigenvalue weighted by molar-refractivity contribution is -0.233. The van der Waals surface area contributed by atoms with Crippen LogP contribution in [0.5, 0.6) is 0 Å². The molecule has 2 heterocycles. The standard InChI is InChI=1S/C26H28F6O3.C26H26F6O2.H2O/c1-2-3-15-13-34-24(35-14-15)16-6-8-25(33,9-7-16)18-4-5-19(20(27)12-18)17-10-21(28)23(22(29)11-17)26(30,31)32;1-2-3-15-13-33-25(34-14-15)17-6-4-16(5-7-17)18-8-9-20(21(27)10-18)19-11-22(28)24(23(29)12-19)26(30,31)32;/h4-5,10-12,15-16,24,33H,2-3,6-9,13-14H2,1H3;4,8-12,15,17,25H,2-3,5-7,13-14H2,1H3;1H2. The molecule has 2 aliphatic heterocycles. The molecule has 1 atom stereocenters. The number of hydrogen-bond acceptors (Lipinski definition) is 5. The van der Waals surface area contributed by atoms with E-state index in [-0.39, 0.29) is 52.1 Å². The first kappa shape index (κ1) is 54.9. The predicted octanol–water partition coefficient (Wildman–Crippen LogP) is 13.9. The number of ether oxygens (including phenoxy) is 4. The van der Waals surface area contributed by atoms with Gasteiger partial charge in [0, 0.05) is 34.8 Å². The Morgan fingerprint density at radius 3 is 1.34 bits per heavy atom. The fourth-order valence-corrected chi connectivity index (χ4v) is 9.84. The van der Waals surface area contributed by atoms with Crippen molar-refractivity contribution in [2.75, 3.05) is 26.4 Å². The van der Waals surface area contributed by atoms with Gasteiger partial charge in [-0.25, -0.2) is 26.3 Å². The normalized spacial score (nSPS) is 25.3. The van der Waals surface area contributed by atoms with Gasteiger partial charge in [-0.3, -0.25) is 0 Å². The maximum Gasteiger partial charge on any atom is 0.422 e. The minimum absolute atomic E-state index is 0. The van der Waals surface area contributed by atoms with Crippen LogP contribution in [-0.4, -0.2) is 49.6 Å². The van der Waals surface area contributed by atoms with E-state index in [9.17, 15) is 57.8 Å². The van der Waals surface area contributed by atoms with Crippen molar-refractivity contribution in [3.8, 4) is 22.3 Å². The number of alkyl halides is 6. The number of aliphatic hydroxyl groups is 1. The zero-order valence-corrected chi connectivity index (χ0v) is 38.5. The van der Waals surface area contributed by atoms with Crippen LogP contribution in [0.2, 0.25) is 0 Å². The van der Waals surface area contributed by atoms with Crippen LogP contribution in [0.4, 0.5) is 52.7 Å². The first-order valence-corrected chi connectivity index (χ1v) is 23.3. The monoisotopic (exact) mass is 1000 g/mol. The molecule has 2 aliphatic carbocycles. The van der Waals surface area contributed by atoms with Crippen LogP contribution in [0.1, 0.15) is 107 Å². The largest absolute Gasteiger partial charge is 0.422 e. The van der Waals surface area contributed by atoms with Crippen LogP contribution in [0.3, 0.4) is 0 Å². The van der Waals surface area contributed by atoms with Gasteiger partial charge in [-0.05, 0) is 122 Å². The van der Waals surface area contributed by atoms with Gasteiger partial charge in [-0.2, -0.15) is 26.3 Å². The van der Waals surface area contributed by atoms with Crippen molar-refractivity contribution in [3.63, 3.8) is 0 Å².